The Morgan fingerprint density at radius 1 is 0.900 bits per heavy atom. The Balaban J connectivity index is 1.32. The van der Waals surface area contributed by atoms with Gasteiger partial charge in [0, 0.05) is 22.8 Å². The molecule has 0 spiro atoms. The zero-order valence-electron chi connectivity index (χ0n) is 21.3. The highest BCUT2D eigenvalue weighted by atomic mass is 16.7. The summed E-state index contributed by atoms with van der Waals surface area (Å²) in [6, 6.07) is 16.0. The molecule has 10 nitrogen and oxygen atoms in total. The van der Waals surface area contributed by atoms with Crippen LogP contribution in [-0.2, 0) is 14.3 Å². The predicted molar refractivity (Wildman–Crippen MR) is 140 cm³/mol. The lowest BCUT2D eigenvalue weighted by Crippen LogP contribution is -2.60. The molecule has 206 valence electrons. The first-order valence-electron chi connectivity index (χ1n) is 12.5. The van der Waals surface area contributed by atoms with E-state index < -0.39 is 54.8 Å². The van der Waals surface area contributed by atoms with Crippen LogP contribution in [-0.4, -0.2) is 75.3 Å². The Morgan fingerprint density at radius 3 is 2.40 bits per heavy atom. The Morgan fingerprint density at radius 2 is 1.65 bits per heavy atom. The Labute approximate surface area is 228 Å². The number of fused-ring (bicyclic) bond motifs is 2. The van der Waals surface area contributed by atoms with Crippen LogP contribution >= 0.6 is 0 Å². The van der Waals surface area contributed by atoms with Crippen LogP contribution in [0.5, 0.6) is 11.5 Å². The van der Waals surface area contributed by atoms with Crippen LogP contribution in [0.2, 0.25) is 0 Å². The maximum absolute atomic E-state index is 13.2. The number of carbonyl (C=O) groups excluding carboxylic acids is 3. The highest BCUT2D eigenvalue weighted by Gasteiger charge is 2.45. The fraction of sp³-hybridized carbons (Fsp3) is 0.233. The number of carbonyl (C=O) groups is 3. The van der Waals surface area contributed by atoms with Gasteiger partial charge in [0.1, 0.15) is 42.5 Å². The largest absolute Gasteiger partial charge is 0.507 e. The van der Waals surface area contributed by atoms with Crippen molar-refractivity contribution in [3.8, 4) is 11.5 Å². The smallest absolute Gasteiger partial charge is 0.330 e. The fourth-order valence-electron chi connectivity index (χ4n) is 4.77. The first-order valence-corrected chi connectivity index (χ1v) is 12.5. The van der Waals surface area contributed by atoms with E-state index in [4.69, 9.17) is 14.2 Å². The molecule has 3 aromatic carbocycles. The summed E-state index contributed by atoms with van der Waals surface area (Å²) in [7, 11) is 0. The SMILES string of the molecule is Cc1cc(O[C@@H]2O[C@H](COC(=O)/C=C/c3ccccc3)[C@@H](O)[C@H](O)[C@H]2O)cc2c1C(=O)c1c(O)cccc1C2=O. The van der Waals surface area contributed by atoms with Gasteiger partial charge in [-0.05, 0) is 42.3 Å². The van der Waals surface area contributed by atoms with Crippen molar-refractivity contribution < 1.29 is 49.0 Å². The molecule has 3 aromatic rings. The maximum atomic E-state index is 13.2. The van der Waals surface area contributed by atoms with Crippen LogP contribution in [0.15, 0.2) is 66.7 Å². The van der Waals surface area contributed by atoms with Crippen LogP contribution in [0.4, 0.5) is 0 Å². The summed E-state index contributed by atoms with van der Waals surface area (Å²) in [6.45, 7) is 1.14. The lowest BCUT2D eigenvalue weighted by atomic mass is 9.81. The molecule has 2 aliphatic rings. The number of aliphatic hydroxyl groups is 3. The van der Waals surface area contributed by atoms with E-state index in [1.165, 1.54) is 36.4 Å². The van der Waals surface area contributed by atoms with E-state index in [0.29, 0.717) is 5.56 Å². The Bertz CT molecular complexity index is 1500. The number of ether oxygens (including phenoxy) is 3. The summed E-state index contributed by atoms with van der Waals surface area (Å²) in [5.41, 5.74) is 1.28. The number of hydrogen-bond donors (Lipinski definition) is 4. The van der Waals surface area contributed by atoms with Crippen molar-refractivity contribution in [2.75, 3.05) is 6.61 Å². The average Bonchev–Trinajstić information content (AvgIpc) is 2.94. The Hall–Kier alpha value is -4.35. The second-order valence-electron chi connectivity index (χ2n) is 9.53. The van der Waals surface area contributed by atoms with Crippen molar-refractivity contribution in [2.24, 2.45) is 0 Å². The van der Waals surface area contributed by atoms with Gasteiger partial charge in [-0.1, -0.05) is 42.5 Å². The second kappa shape index (κ2) is 11.0. The van der Waals surface area contributed by atoms with Crippen molar-refractivity contribution in [1.29, 1.82) is 0 Å². The normalized spacial score (nSPS) is 23.9. The number of rotatable bonds is 6. The molecule has 0 amide bonds. The van der Waals surface area contributed by atoms with Gasteiger partial charge in [-0.2, -0.15) is 0 Å². The van der Waals surface area contributed by atoms with Crippen molar-refractivity contribution >= 4 is 23.6 Å². The third-order valence-corrected chi connectivity index (χ3v) is 6.82. The molecule has 1 aliphatic heterocycles. The summed E-state index contributed by atoms with van der Waals surface area (Å²) in [5.74, 6) is -1.96. The van der Waals surface area contributed by atoms with Crippen LogP contribution in [0.25, 0.3) is 6.08 Å². The summed E-state index contributed by atoms with van der Waals surface area (Å²) in [4.78, 5) is 38.4. The zero-order chi connectivity index (χ0) is 28.6. The fourth-order valence-corrected chi connectivity index (χ4v) is 4.77. The van der Waals surface area contributed by atoms with Gasteiger partial charge in [-0.3, -0.25) is 9.59 Å². The molecular weight excluding hydrogens is 520 g/mol. The lowest BCUT2D eigenvalue weighted by Gasteiger charge is -2.40. The van der Waals surface area contributed by atoms with Crippen LogP contribution < -0.4 is 4.74 Å². The van der Waals surface area contributed by atoms with E-state index in [-0.39, 0.29) is 33.8 Å². The maximum Gasteiger partial charge on any atom is 0.330 e. The zero-order valence-corrected chi connectivity index (χ0v) is 21.3. The molecule has 0 saturated carbocycles. The quantitative estimate of drug-likeness (QED) is 0.208. The van der Waals surface area contributed by atoms with Crippen LogP contribution in [0, 0.1) is 6.92 Å². The minimum atomic E-state index is -1.70. The number of ketones is 2. The molecule has 1 heterocycles. The molecule has 1 fully saturated rings. The topological polar surface area (TPSA) is 160 Å². The summed E-state index contributed by atoms with van der Waals surface area (Å²) in [5, 5.41) is 41.5. The van der Waals surface area contributed by atoms with Crippen LogP contribution in [0.1, 0.15) is 43.0 Å². The van der Waals surface area contributed by atoms with Crippen molar-refractivity contribution in [3.05, 3.63) is 100 Å². The lowest BCUT2D eigenvalue weighted by molar-refractivity contribution is -0.278. The van der Waals surface area contributed by atoms with Gasteiger partial charge in [-0.15, -0.1) is 0 Å². The number of phenolic OH excluding ortho intramolecular Hbond substituents is 1. The van der Waals surface area contributed by atoms with E-state index >= 15 is 0 Å². The number of aliphatic hydroxyl groups excluding tert-OH is 3. The van der Waals surface area contributed by atoms with Gasteiger partial charge in [-0.25, -0.2) is 4.79 Å². The number of hydrogen-bond acceptors (Lipinski definition) is 10. The molecule has 1 aliphatic carbocycles. The van der Waals surface area contributed by atoms with Gasteiger partial charge in [0.15, 0.2) is 11.6 Å². The molecule has 0 bridgehead atoms. The standard InChI is InChI=1S/C30H26O10/c1-15-12-17(13-19-23(15)27(35)24-18(25(19)33)8-5-9-20(24)31)39-30-29(37)28(36)26(34)21(40-30)14-38-22(32)11-10-16-6-3-2-4-7-16/h2-13,21,26,28-31,34,36-37H,14H2,1H3/b11-10+/t21-,26-,28+,29-,30-/m1/s1. The van der Waals surface area contributed by atoms with Crippen molar-refractivity contribution in [2.45, 2.75) is 37.6 Å². The van der Waals surface area contributed by atoms with Gasteiger partial charge in [0.25, 0.3) is 0 Å². The first-order chi connectivity index (χ1) is 19.2. The van der Waals surface area contributed by atoms with E-state index in [9.17, 15) is 34.8 Å². The van der Waals surface area contributed by atoms with Crippen LogP contribution in [0.3, 0.4) is 0 Å². The second-order valence-corrected chi connectivity index (χ2v) is 9.53. The van der Waals surface area contributed by atoms with Crippen molar-refractivity contribution in [1.82, 2.24) is 0 Å². The number of aromatic hydroxyl groups is 1. The summed E-state index contributed by atoms with van der Waals surface area (Å²) in [6.07, 6.45) is -4.97. The molecule has 0 radical (unpaired) electrons. The van der Waals surface area contributed by atoms with E-state index in [1.54, 1.807) is 25.1 Å². The van der Waals surface area contributed by atoms with E-state index in [2.05, 4.69) is 0 Å². The number of esters is 1. The predicted octanol–water partition coefficient (Wildman–Crippen LogP) is 1.92. The van der Waals surface area contributed by atoms with Crippen molar-refractivity contribution in [3.63, 3.8) is 0 Å². The number of phenols is 1. The van der Waals surface area contributed by atoms with Gasteiger partial charge in [0.2, 0.25) is 6.29 Å². The highest BCUT2D eigenvalue weighted by molar-refractivity contribution is 6.29. The van der Waals surface area contributed by atoms with Gasteiger partial charge >= 0.3 is 5.97 Å². The van der Waals surface area contributed by atoms with Gasteiger partial charge < -0.3 is 34.6 Å². The molecule has 1 saturated heterocycles. The van der Waals surface area contributed by atoms with E-state index in [1.807, 2.05) is 18.2 Å². The van der Waals surface area contributed by atoms with E-state index in [0.717, 1.165) is 5.56 Å². The minimum absolute atomic E-state index is 0.0414. The average molecular weight is 547 g/mol. The Kier molecular flexibility index (Phi) is 7.51. The highest BCUT2D eigenvalue weighted by Crippen LogP contribution is 2.36. The number of aryl methyl sites for hydroxylation is 1. The third-order valence-electron chi connectivity index (χ3n) is 6.82. The molecule has 0 unspecified atom stereocenters. The minimum Gasteiger partial charge on any atom is -0.507 e. The summed E-state index contributed by atoms with van der Waals surface area (Å²) < 4.78 is 16.6. The molecule has 0 aromatic heterocycles. The molecule has 4 N–H and O–H groups in total. The molecule has 40 heavy (non-hydrogen) atoms. The first kappa shape index (κ1) is 27.2. The monoisotopic (exact) mass is 546 g/mol. The summed E-state index contributed by atoms with van der Waals surface area (Å²) >= 11 is 0. The van der Waals surface area contributed by atoms with Gasteiger partial charge in [0.05, 0.1) is 5.56 Å². The third kappa shape index (κ3) is 5.13. The molecule has 5 rings (SSSR count). The molecule has 5 atom stereocenters. The number of benzene rings is 3. The molecule has 10 heteroatoms. The molecular formula is C30H26O10.